The molecule has 1 N–H and O–H groups in total. The van der Waals surface area contributed by atoms with Gasteiger partial charge in [-0.25, -0.2) is 0 Å². The zero-order valence-electron chi connectivity index (χ0n) is 13.2. The summed E-state index contributed by atoms with van der Waals surface area (Å²) in [5.74, 6) is 0. The van der Waals surface area contributed by atoms with E-state index in [0.717, 1.165) is 13.1 Å². The summed E-state index contributed by atoms with van der Waals surface area (Å²) in [6.45, 7) is 2.54. The third-order valence-electron chi connectivity index (χ3n) is 4.65. The summed E-state index contributed by atoms with van der Waals surface area (Å²) in [7, 11) is 0. The molecule has 0 saturated heterocycles. The van der Waals surface area contributed by atoms with Gasteiger partial charge in [-0.05, 0) is 33.9 Å². The first-order valence-electron chi connectivity index (χ1n) is 8.23. The van der Waals surface area contributed by atoms with E-state index in [2.05, 4.69) is 53.4 Å². The summed E-state index contributed by atoms with van der Waals surface area (Å²) in [6.07, 6.45) is 0.380. The maximum atomic E-state index is 10.5. The largest absolute Gasteiger partial charge is 0.391 e. The zero-order valence-corrected chi connectivity index (χ0v) is 13.2. The molecule has 1 aliphatic heterocycles. The van der Waals surface area contributed by atoms with Crippen molar-refractivity contribution in [2.45, 2.75) is 25.6 Å². The summed E-state index contributed by atoms with van der Waals surface area (Å²) < 4.78 is 0. The van der Waals surface area contributed by atoms with Gasteiger partial charge in [0.25, 0.3) is 0 Å². The Kier molecular flexibility index (Phi) is 3.86. The van der Waals surface area contributed by atoms with Crippen LogP contribution in [-0.4, -0.2) is 22.7 Å². The van der Waals surface area contributed by atoms with Crippen molar-refractivity contribution in [2.75, 3.05) is 6.54 Å². The van der Waals surface area contributed by atoms with Crippen molar-refractivity contribution in [3.8, 4) is 0 Å². The lowest BCUT2D eigenvalue weighted by atomic mass is 9.95. The molecule has 0 fully saturated rings. The predicted octanol–water partition coefficient (Wildman–Crippen LogP) is 3.76. The van der Waals surface area contributed by atoms with Gasteiger partial charge in [-0.2, -0.15) is 0 Å². The van der Waals surface area contributed by atoms with E-state index in [1.807, 2.05) is 18.2 Å². The van der Waals surface area contributed by atoms with Crippen LogP contribution >= 0.6 is 0 Å². The Balaban J connectivity index is 1.50. The maximum absolute atomic E-state index is 10.5. The predicted molar refractivity (Wildman–Crippen MR) is 94.2 cm³/mol. The Hall–Kier alpha value is -2.16. The van der Waals surface area contributed by atoms with Gasteiger partial charge in [0.2, 0.25) is 0 Å². The summed E-state index contributed by atoms with van der Waals surface area (Å²) in [5.41, 5.74) is 3.94. The third kappa shape index (κ3) is 3.00. The van der Waals surface area contributed by atoms with E-state index >= 15 is 0 Å². The molecule has 1 heterocycles. The van der Waals surface area contributed by atoms with E-state index in [4.69, 9.17) is 0 Å². The van der Waals surface area contributed by atoms with Crippen LogP contribution in [-0.2, 0) is 19.5 Å². The van der Waals surface area contributed by atoms with Gasteiger partial charge in [0, 0.05) is 19.6 Å². The Labute approximate surface area is 137 Å². The molecule has 1 aliphatic rings. The fourth-order valence-electron chi connectivity index (χ4n) is 3.68. The van der Waals surface area contributed by atoms with E-state index in [9.17, 15) is 5.11 Å². The van der Waals surface area contributed by atoms with E-state index < -0.39 is 0 Å². The molecule has 4 rings (SSSR count). The molecule has 116 valence electrons. The SMILES string of the molecule is OC(Cc1ccccc1)CN1Cc2cccc3cccc(c23)C1. The smallest absolute Gasteiger partial charge is 0.0707 e. The minimum Gasteiger partial charge on any atom is -0.391 e. The highest BCUT2D eigenvalue weighted by Gasteiger charge is 2.20. The van der Waals surface area contributed by atoms with E-state index in [-0.39, 0.29) is 6.10 Å². The van der Waals surface area contributed by atoms with Crippen molar-refractivity contribution in [1.29, 1.82) is 0 Å². The second-order valence-corrected chi connectivity index (χ2v) is 6.45. The van der Waals surface area contributed by atoms with Crippen LogP contribution in [0.25, 0.3) is 10.8 Å². The van der Waals surface area contributed by atoms with Crippen molar-refractivity contribution in [1.82, 2.24) is 4.90 Å². The molecule has 1 atom stereocenters. The molecule has 3 aromatic rings. The number of β-amino-alcohol motifs (C(OH)–C–C–N with tert-alkyl or cyclic N) is 1. The molecule has 2 heteroatoms. The molecule has 0 aromatic heterocycles. The van der Waals surface area contributed by atoms with Crippen LogP contribution in [0.3, 0.4) is 0 Å². The lowest BCUT2D eigenvalue weighted by molar-refractivity contribution is 0.103. The maximum Gasteiger partial charge on any atom is 0.0707 e. The number of aliphatic hydroxyl groups excluding tert-OH is 1. The Bertz CT molecular complexity index is 772. The van der Waals surface area contributed by atoms with Crippen molar-refractivity contribution in [2.24, 2.45) is 0 Å². The van der Waals surface area contributed by atoms with Gasteiger partial charge >= 0.3 is 0 Å². The normalized spacial score (nSPS) is 15.7. The van der Waals surface area contributed by atoms with E-state index in [1.165, 1.54) is 27.5 Å². The first-order valence-corrected chi connectivity index (χ1v) is 8.23. The van der Waals surface area contributed by atoms with Crippen LogP contribution in [0.4, 0.5) is 0 Å². The molecular weight excluding hydrogens is 282 g/mol. The number of nitrogens with zero attached hydrogens (tertiary/aromatic N) is 1. The molecule has 1 unspecified atom stereocenters. The number of benzene rings is 3. The average Bonchev–Trinajstić information content (AvgIpc) is 2.56. The number of hydrogen-bond donors (Lipinski definition) is 1. The minimum absolute atomic E-state index is 0.332. The van der Waals surface area contributed by atoms with Crippen molar-refractivity contribution < 1.29 is 5.11 Å². The molecular formula is C21H21NO. The second kappa shape index (κ2) is 6.15. The van der Waals surface area contributed by atoms with Crippen LogP contribution in [0.5, 0.6) is 0 Å². The van der Waals surface area contributed by atoms with Gasteiger partial charge in [-0.15, -0.1) is 0 Å². The summed E-state index contributed by atoms with van der Waals surface area (Å²) >= 11 is 0. The van der Waals surface area contributed by atoms with Gasteiger partial charge in [0.05, 0.1) is 6.10 Å². The minimum atomic E-state index is -0.332. The summed E-state index contributed by atoms with van der Waals surface area (Å²) in [5, 5.41) is 13.2. The number of hydrogen-bond acceptors (Lipinski definition) is 2. The van der Waals surface area contributed by atoms with E-state index in [0.29, 0.717) is 13.0 Å². The zero-order chi connectivity index (χ0) is 15.6. The molecule has 0 bridgehead atoms. The standard InChI is InChI=1S/C21H21NO/c23-20(12-16-6-2-1-3-7-16)15-22-13-18-10-4-8-17-9-5-11-19(14-22)21(17)18/h1-11,20,23H,12-15H2. The average molecular weight is 303 g/mol. The van der Waals surface area contributed by atoms with Gasteiger partial charge in [0.15, 0.2) is 0 Å². The Morgan fingerprint density at radius 1 is 0.826 bits per heavy atom. The van der Waals surface area contributed by atoms with Gasteiger partial charge < -0.3 is 5.11 Å². The highest BCUT2D eigenvalue weighted by molar-refractivity contribution is 5.89. The quantitative estimate of drug-likeness (QED) is 0.793. The molecule has 0 saturated carbocycles. The first-order chi connectivity index (χ1) is 11.3. The highest BCUT2D eigenvalue weighted by Crippen LogP contribution is 2.29. The number of rotatable bonds is 4. The fourth-order valence-corrected chi connectivity index (χ4v) is 3.68. The van der Waals surface area contributed by atoms with Crippen LogP contribution < -0.4 is 0 Å². The lowest BCUT2D eigenvalue weighted by Crippen LogP contribution is -2.34. The molecule has 2 nitrogen and oxygen atoms in total. The molecule has 0 spiro atoms. The summed E-state index contributed by atoms with van der Waals surface area (Å²) in [6, 6.07) is 23.3. The molecule has 23 heavy (non-hydrogen) atoms. The Morgan fingerprint density at radius 3 is 2.13 bits per heavy atom. The third-order valence-corrected chi connectivity index (χ3v) is 4.65. The monoisotopic (exact) mass is 303 g/mol. The second-order valence-electron chi connectivity index (χ2n) is 6.45. The molecule has 0 aliphatic carbocycles. The topological polar surface area (TPSA) is 23.5 Å². The number of aliphatic hydroxyl groups is 1. The lowest BCUT2D eigenvalue weighted by Gasteiger charge is -2.30. The molecule has 0 amide bonds. The van der Waals surface area contributed by atoms with E-state index in [1.54, 1.807) is 0 Å². The molecule has 0 radical (unpaired) electrons. The van der Waals surface area contributed by atoms with Crippen LogP contribution in [0.15, 0.2) is 66.7 Å². The van der Waals surface area contributed by atoms with Crippen molar-refractivity contribution in [3.63, 3.8) is 0 Å². The van der Waals surface area contributed by atoms with Gasteiger partial charge in [-0.3, -0.25) is 4.90 Å². The van der Waals surface area contributed by atoms with Crippen LogP contribution in [0.2, 0.25) is 0 Å². The van der Waals surface area contributed by atoms with Gasteiger partial charge in [-0.1, -0.05) is 66.7 Å². The summed E-state index contributed by atoms with van der Waals surface area (Å²) in [4.78, 5) is 2.35. The van der Waals surface area contributed by atoms with Crippen LogP contribution in [0, 0.1) is 0 Å². The molecule has 3 aromatic carbocycles. The van der Waals surface area contributed by atoms with Crippen LogP contribution in [0.1, 0.15) is 16.7 Å². The highest BCUT2D eigenvalue weighted by atomic mass is 16.3. The van der Waals surface area contributed by atoms with Gasteiger partial charge in [0.1, 0.15) is 0 Å². The Morgan fingerprint density at radius 2 is 1.48 bits per heavy atom. The van der Waals surface area contributed by atoms with Crippen molar-refractivity contribution >= 4 is 10.8 Å². The first kappa shape index (κ1) is 14.4. The van der Waals surface area contributed by atoms with Crippen molar-refractivity contribution in [3.05, 3.63) is 83.4 Å². The fraction of sp³-hybridized carbons (Fsp3) is 0.238.